The van der Waals surface area contributed by atoms with Gasteiger partial charge in [-0.1, -0.05) is 6.07 Å². The van der Waals surface area contributed by atoms with Crippen LogP contribution in [0.25, 0.3) is 0 Å². The molecule has 1 saturated heterocycles. The fourth-order valence-electron chi connectivity index (χ4n) is 2.76. The number of rotatable bonds is 0. The molecule has 2 aliphatic rings. The van der Waals surface area contributed by atoms with Crippen LogP contribution < -0.4 is 0 Å². The molecule has 1 fully saturated rings. The largest absolute Gasteiger partial charge is 0.334 e. The van der Waals surface area contributed by atoms with Gasteiger partial charge in [-0.05, 0) is 29.7 Å². The van der Waals surface area contributed by atoms with Gasteiger partial charge in [-0.2, -0.15) is 0 Å². The van der Waals surface area contributed by atoms with Crippen LogP contribution >= 0.6 is 0 Å². The van der Waals surface area contributed by atoms with E-state index in [0.717, 1.165) is 11.1 Å². The summed E-state index contributed by atoms with van der Waals surface area (Å²) < 4.78 is 13.1. The lowest BCUT2D eigenvalue weighted by atomic mass is 9.86. The zero-order valence-electron chi connectivity index (χ0n) is 9.28. The number of piperidine rings is 1. The van der Waals surface area contributed by atoms with Gasteiger partial charge in [-0.25, -0.2) is 4.39 Å². The number of Topliss-reactive ketones (excluding diaryl/α,β-unsaturated/α-hetero) is 1. The Balaban J connectivity index is 2.04. The van der Waals surface area contributed by atoms with Crippen LogP contribution in [0, 0.1) is 5.82 Å². The Kier molecular flexibility index (Phi) is 2.24. The summed E-state index contributed by atoms with van der Waals surface area (Å²) in [6, 6.07) is 4.43. The van der Waals surface area contributed by atoms with E-state index in [-0.39, 0.29) is 30.0 Å². The highest BCUT2D eigenvalue weighted by molar-refractivity contribution is 6.01. The highest BCUT2D eigenvalue weighted by Crippen LogP contribution is 2.36. The molecule has 3 rings (SSSR count). The Morgan fingerprint density at radius 2 is 2.12 bits per heavy atom. The normalized spacial score (nSPS) is 23.4. The minimum atomic E-state index is -0.259. The molecule has 88 valence electrons. The van der Waals surface area contributed by atoms with E-state index < -0.39 is 0 Å². The average Bonchev–Trinajstić information content (AvgIpc) is 2.27. The number of nitrogens with zero attached hydrogens (tertiary/aromatic N) is 1. The molecule has 2 aliphatic heterocycles. The zero-order chi connectivity index (χ0) is 12.0. The van der Waals surface area contributed by atoms with E-state index in [4.69, 9.17) is 0 Å². The van der Waals surface area contributed by atoms with E-state index >= 15 is 0 Å². The number of hydrogen-bond acceptors (Lipinski definition) is 2. The first-order chi connectivity index (χ1) is 8.15. The smallest absolute Gasteiger partial charge is 0.230 e. The van der Waals surface area contributed by atoms with E-state index in [1.165, 1.54) is 12.1 Å². The summed E-state index contributed by atoms with van der Waals surface area (Å²) in [7, 11) is 0. The molecule has 1 atom stereocenters. The van der Waals surface area contributed by atoms with E-state index in [9.17, 15) is 14.0 Å². The Morgan fingerprint density at radius 3 is 2.94 bits per heavy atom. The van der Waals surface area contributed by atoms with Gasteiger partial charge >= 0.3 is 0 Å². The molecule has 0 spiro atoms. The number of hydrogen-bond donors (Lipinski definition) is 0. The average molecular weight is 233 g/mol. The number of halogens is 1. The second kappa shape index (κ2) is 3.65. The van der Waals surface area contributed by atoms with Crippen molar-refractivity contribution in [3.8, 4) is 0 Å². The van der Waals surface area contributed by atoms with Gasteiger partial charge in [0.1, 0.15) is 11.6 Å². The van der Waals surface area contributed by atoms with Crippen molar-refractivity contribution in [3.05, 3.63) is 35.1 Å². The number of carbonyl (C=O) groups excluding carboxylic acids is 2. The molecular weight excluding hydrogens is 221 g/mol. The summed E-state index contributed by atoms with van der Waals surface area (Å²) in [5, 5.41) is 0. The first-order valence-corrected chi connectivity index (χ1v) is 5.74. The molecule has 2 heterocycles. The van der Waals surface area contributed by atoms with Crippen molar-refractivity contribution in [1.29, 1.82) is 0 Å². The van der Waals surface area contributed by atoms with Crippen molar-refractivity contribution in [2.24, 2.45) is 0 Å². The molecule has 17 heavy (non-hydrogen) atoms. The number of fused-ring (bicyclic) bond motifs is 3. The molecule has 1 aromatic rings. The highest BCUT2D eigenvalue weighted by Gasteiger charge is 2.36. The highest BCUT2D eigenvalue weighted by atomic mass is 19.1. The molecule has 1 aromatic carbocycles. The molecule has 1 unspecified atom stereocenters. The van der Waals surface area contributed by atoms with Crippen LogP contribution in [0.4, 0.5) is 4.39 Å². The minimum Gasteiger partial charge on any atom is -0.334 e. The van der Waals surface area contributed by atoms with Gasteiger partial charge in [0.2, 0.25) is 5.91 Å². The lowest BCUT2D eigenvalue weighted by molar-refractivity contribution is -0.143. The molecule has 0 bridgehead atoms. The first kappa shape index (κ1) is 10.4. The van der Waals surface area contributed by atoms with Crippen LogP contribution in [0.1, 0.15) is 30.0 Å². The molecule has 1 amide bonds. The third-order valence-corrected chi connectivity index (χ3v) is 3.55. The summed E-state index contributed by atoms with van der Waals surface area (Å²) in [5.74, 6) is -0.375. The van der Waals surface area contributed by atoms with Crippen LogP contribution in [0.5, 0.6) is 0 Å². The summed E-state index contributed by atoms with van der Waals surface area (Å²) in [4.78, 5) is 25.0. The zero-order valence-corrected chi connectivity index (χ0v) is 9.28. The number of carbonyl (C=O) groups is 2. The van der Waals surface area contributed by atoms with E-state index in [1.807, 2.05) is 0 Å². The van der Waals surface area contributed by atoms with Gasteiger partial charge in [0, 0.05) is 13.0 Å². The van der Waals surface area contributed by atoms with Gasteiger partial charge < -0.3 is 4.90 Å². The minimum absolute atomic E-state index is 0.0200. The maximum Gasteiger partial charge on any atom is 0.230 e. The standard InChI is InChI=1S/C13H12FNO2/c14-9-1-2-11-8(5-9)3-4-15-12(11)6-10(16)7-13(15)17/h1-2,5,12H,3-4,6-7H2. The van der Waals surface area contributed by atoms with Crippen LogP contribution in [0.15, 0.2) is 18.2 Å². The number of amides is 1. The second-order valence-electron chi connectivity index (χ2n) is 4.62. The first-order valence-electron chi connectivity index (χ1n) is 5.74. The fourth-order valence-corrected chi connectivity index (χ4v) is 2.76. The third kappa shape index (κ3) is 1.64. The van der Waals surface area contributed by atoms with E-state index in [1.54, 1.807) is 11.0 Å². The van der Waals surface area contributed by atoms with Crippen molar-refractivity contribution < 1.29 is 14.0 Å². The van der Waals surface area contributed by atoms with Gasteiger partial charge in [-0.3, -0.25) is 9.59 Å². The molecule has 0 aromatic heterocycles. The van der Waals surface area contributed by atoms with Gasteiger partial charge in [0.25, 0.3) is 0 Å². The second-order valence-corrected chi connectivity index (χ2v) is 4.62. The van der Waals surface area contributed by atoms with Crippen LogP contribution in [-0.4, -0.2) is 23.1 Å². The van der Waals surface area contributed by atoms with E-state index in [0.29, 0.717) is 19.4 Å². The van der Waals surface area contributed by atoms with Gasteiger partial charge in [0.05, 0.1) is 12.5 Å². The van der Waals surface area contributed by atoms with Crippen LogP contribution in [-0.2, 0) is 16.0 Å². The summed E-state index contributed by atoms with van der Waals surface area (Å²) in [5.41, 5.74) is 1.85. The quantitative estimate of drug-likeness (QED) is 0.638. The van der Waals surface area contributed by atoms with Crippen molar-refractivity contribution in [2.75, 3.05) is 6.54 Å². The molecule has 4 heteroatoms. The molecule has 0 radical (unpaired) electrons. The van der Waals surface area contributed by atoms with Crippen molar-refractivity contribution in [1.82, 2.24) is 4.90 Å². The summed E-state index contributed by atoms with van der Waals surface area (Å²) in [6.45, 7) is 0.591. The summed E-state index contributed by atoms with van der Waals surface area (Å²) in [6.07, 6.45) is 1.06. The van der Waals surface area contributed by atoms with Crippen molar-refractivity contribution >= 4 is 11.7 Å². The van der Waals surface area contributed by atoms with Gasteiger partial charge in [-0.15, -0.1) is 0 Å². The monoisotopic (exact) mass is 233 g/mol. The SMILES string of the molecule is O=C1CC(=O)N2CCc3cc(F)ccc3C2C1. The Hall–Kier alpha value is -1.71. The molecular formula is C13H12FNO2. The van der Waals surface area contributed by atoms with E-state index in [2.05, 4.69) is 0 Å². The van der Waals surface area contributed by atoms with Gasteiger partial charge in [0.15, 0.2) is 0 Å². The fraction of sp³-hybridized carbons (Fsp3) is 0.385. The lowest BCUT2D eigenvalue weighted by Crippen LogP contribution is -2.45. The number of ketones is 1. The maximum atomic E-state index is 13.1. The predicted molar refractivity (Wildman–Crippen MR) is 58.8 cm³/mol. The third-order valence-electron chi connectivity index (χ3n) is 3.55. The molecule has 0 saturated carbocycles. The van der Waals surface area contributed by atoms with Crippen LogP contribution in [0.2, 0.25) is 0 Å². The Morgan fingerprint density at radius 1 is 1.29 bits per heavy atom. The summed E-state index contributed by atoms with van der Waals surface area (Å²) >= 11 is 0. The topological polar surface area (TPSA) is 37.4 Å². The molecule has 0 N–H and O–H groups in total. The molecule has 0 aliphatic carbocycles. The number of benzene rings is 1. The molecule has 3 nitrogen and oxygen atoms in total. The predicted octanol–water partition coefficient (Wildman–Crippen LogP) is 1.61. The Bertz CT molecular complexity index is 512. The lowest BCUT2D eigenvalue weighted by Gasteiger charge is -2.39. The van der Waals surface area contributed by atoms with Crippen molar-refractivity contribution in [3.63, 3.8) is 0 Å². The Labute approximate surface area is 98.2 Å². The van der Waals surface area contributed by atoms with Crippen molar-refractivity contribution in [2.45, 2.75) is 25.3 Å². The maximum absolute atomic E-state index is 13.1. The van der Waals surface area contributed by atoms with Crippen LogP contribution in [0.3, 0.4) is 0 Å².